The predicted molar refractivity (Wildman–Crippen MR) is 79.0 cm³/mol. The molecule has 0 bridgehead atoms. The van der Waals surface area contributed by atoms with Gasteiger partial charge in [-0.05, 0) is 30.7 Å². The molecule has 110 valence electrons. The molecule has 1 aromatic carbocycles. The Hall–Kier alpha value is -2.50. The molecule has 0 aliphatic heterocycles. The first-order valence-electron chi connectivity index (χ1n) is 6.82. The summed E-state index contributed by atoms with van der Waals surface area (Å²) >= 11 is 0. The van der Waals surface area contributed by atoms with Crippen LogP contribution in [0.2, 0.25) is 0 Å². The fourth-order valence-corrected chi connectivity index (χ4v) is 1.70. The Balaban J connectivity index is 2.03. The molecule has 1 amide bonds. The third-order valence-electron chi connectivity index (χ3n) is 2.83. The molecule has 0 atom stereocenters. The number of unbranched alkanes of at least 4 members (excludes halogenated alkanes) is 1. The van der Waals surface area contributed by atoms with Crippen molar-refractivity contribution in [2.24, 2.45) is 0 Å². The van der Waals surface area contributed by atoms with Crippen LogP contribution in [0.4, 0.5) is 15.9 Å². The Bertz CT molecular complexity index is 601. The fraction of sp³-hybridized carbons (Fsp3) is 0.267. The first-order valence-corrected chi connectivity index (χ1v) is 6.82. The van der Waals surface area contributed by atoms with Crippen LogP contribution in [0.1, 0.15) is 30.3 Å². The summed E-state index contributed by atoms with van der Waals surface area (Å²) in [7, 11) is 0. The van der Waals surface area contributed by atoms with Gasteiger partial charge >= 0.3 is 0 Å². The molecule has 0 saturated heterocycles. The minimum Gasteiger partial charge on any atom is -0.351 e. The van der Waals surface area contributed by atoms with E-state index in [0.29, 0.717) is 23.7 Å². The highest BCUT2D eigenvalue weighted by Crippen LogP contribution is 2.14. The van der Waals surface area contributed by atoms with Crippen LogP contribution < -0.4 is 10.6 Å². The molecule has 2 N–H and O–H groups in total. The SMILES string of the molecule is CCCCNC(=O)c1cc(Nc2ccc(F)cc2)ncn1. The molecule has 5 nitrogen and oxygen atoms in total. The van der Waals surface area contributed by atoms with Crippen LogP contribution in [-0.4, -0.2) is 22.4 Å². The second kappa shape index (κ2) is 7.33. The number of nitrogens with one attached hydrogen (secondary N) is 2. The van der Waals surface area contributed by atoms with Crippen molar-refractivity contribution in [3.8, 4) is 0 Å². The van der Waals surface area contributed by atoms with Crippen LogP contribution in [0, 0.1) is 5.82 Å². The second-order valence-corrected chi connectivity index (χ2v) is 4.53. The number of anilines is 2. The average molecular weight is 288 g/mol. The number of halogens is 1. The van der Waals surface area contributed by atoms with Gasteiger partial charge < -0.3 is 10.6 Å². The lowest BCUT2D eigenvalue weighted by Gasteiger charge is -2.07. The summed E-state index contributed by atoms with van der Waals surface area (Å²) in [5.41, 5.74) is 0.984. The number of benzene rings is 1. The van der Waals surface area contributed by atoms with Gasteiger partial charge in [0.15, 0.2) is 0 Å². The van der Waals surface area contributed by atoms with Gasteiger partial charge in [-0.3, -0.25) is 4.79 Å². The highest BCUT2D eigenvalue weighted by Gasteiger charge is 2.08. The number of carbonyl (C=O) groups excluding carboxylic acids is 1. The predicted octanol–water partition coefficient (Wildman–Crippen LogP) is 2.89. The summed E-state index contributed by atoms with van der Waals surface area (Å²) in [6.07, 6.45) is 3.26. The molecule has 1 aromatic heterocycles. The fourth-order valence-electron chi connectivity index (χ4n) is 1.70. The zero-order valence-electron chi connectivity index (χ0n) is 11.8. The van der Waals surface area contributed by atoms with Crippen LogP contribution >= 0.6 is 0 Å². The number of carbonyl (C=O) groups is 1. The lowest BCUT2D eigenvalue weighted by molar-refractivity contribution is 0.0948. The maximum atomic E-state index is 12.8. The van der Waals surface area contributed by atoms with E-state index in [1.54, 1.807) is 18.2 Å². The standard InChI is InChI=1S/C15H17FN4O/c1-2-3-8-17-15(21)13-9-14(19-10-18-13)20-12-6-4-11(16)5-7-12/h4-7,9-10H,2-3,8H2,1H3,(H,17,21)(H,18,19,20). The summed E-state index contributed by atoms with van der Waals surface area (Å²) in [6.45, 7) is 2.68. The number of hydrogen-bond donors (Lipinski definition) is 2. The number of amides is 1. The summed E-state index contributed by atoms with van der Waals surface area (Å²) in [6, 6.07) is 7.45. The van der Waals surface area contributed by atoms with Crippen molar-refractivity contribution in [2.45, 2.75) is 19.8 Å². The lowest BCUT2D eigenvalue weighted by Crippen LogP contribution is -2.25. The maximum Gasteiger partial charge on any atom is 0.270 e. The average Bonchev–Trinajstić information content (AvgIpc) is 2.50. The highest BCUT2D eigenvalue weighted by molar-refractivity contribution is 5.92. The van der Waals surface area contributed by atoms with E-state index in [1.165, 1.54) is 18.5 Å². The minimum absolute atomic E-state index is 0.229. The van der Waals surface area contributed by atoms with Crippen molar-refractivity contribution in [2.75, 3.05) is 11.9 Å². The smallest absolute Gasteiger partial charge is 0.270 e. The molecule has 0 aliphatic carbocycles. The van der Waals surface area contributed by atoms with E-state index < -0.39 is 0 Å². The lowest BCUT2D eigenvalue weighted by atomic mass is 10.3. The van der Waals surface area contributed by atoms with Crippen molar-refractivity contribution in [3.05, 3.63) is 48.2 Å². The third kappa shape index (κ3) is 4.52. The molecule has 2 aromatic rings. The number of hydrogen-bond acceptors (Lipinski definition) is 4. The first kappa shape index (κ1) is 14.9. The van der Waals surface area contributed by atoms with Crippen molar-refractivity contribution in [1.82, 2.24) is 15.3 Å². The molecule has 0 unspecified atom stereocenters. The Kier molecular flexibility index (Phi) is 5.20. The summed E-state index contributed by atoms with van der Waals surface area (Å²) in [4.78, 5) is 19.9. The molecular weight excluding hydrogens is 271 g/mol. The Labute approximate surface area is 122 Å². The van der Waals surface area contributed by atoms with Crippen LogP contribution in [0.3, 0.4) is 0 Å². The van der Waals surface area contributed by atoms with E-state index in [-0.39, 0.29) is 11.7 Å². The normalized spacial score (nSPS) is 10.2. The molecule has 2 rings (SSSR count). The van der Waals surface area contributed by atoms with Gasteiger partial charge in [0.2, 0.25) is 0 Å². The van der Waals surface area contributed by atoms with E-state index in [1.807, 2.05) is 0 Å². The molecule has 0 aliphatic rings. The van der Waals surface area contributed by atoms with Gasteiger partial charge in [-0.15, -0.1) is 0 Å². The topological polar surface area (TPSA) is 66.9 Å². The van der Waals surface area contributed by atoms with E-state index >= 15 is 0 Å². The maximum absolute atomic E-state index is 12.8. The van der Waals surface area contributed by atoms with Gasteiger partial charge in [-0.2, -0.15) is 0 Å². The van der Waals surface area contributed by atoms with Crippen LogP contribution in [0.25, 0.3) is 0 Å². The van der Waals surface area contributed by atoms with E-state index in [0.717, 1.165) is 12.8 Å². The van der Waals surface area contributed by atoms with Gasteiger partial charge in [-0.25, -0.2) is 14.4 Å². The minimum atomic E-state index is -0.306. The van der Waals surface area contributed by atoms with Crippen LogP contribution in [0.5, 0.6) is 0 Å². The van der Waals surface area contributed by atoms with E-state index in [9.17, 15) is 9.18 Å². The Morgan fingerprint density at radius 2 is 2.00 bits per heavy atom. The largest absolute Gasteiger partial charge is 0.351 e. The molecule has 0 spiro atoms. The molecule has 0 radical (unpaired) electrons. The summed E-state index contributed by atoms with van der Waals surface area (Å²) < 4.78 is 12.8. The molecule has 21 heavy (non-hydrogen) atoms. The molecule has 0 saturated carbocycles. The summed E-state index contributed by atoms with van der Waals surface area (Å²) in [5.74, 6) is -0.0514. The molecular formula is C15H17FN4O. The monoisotopic (exact) mass is 288 g/mol. The van der Waals surface area contributed by atoms with E-state index in [4.69, 9.17) is 0 Å². The van der Waals surface area contributed by atoms with E-state index in [2.05, 4.69) is 27.5 Å². The third-order valence-corrected chi connectivity index (χ3v) is 2.83. The Morgan fingerprint density at radius 1 is 1.24 bits per heavy atom. The number of aromatic nitrogens is 2. The van der Waals surface area contributed by atoms with Crippen LogP contribution in [-0.2, 0) is 0 Å². The van der Waals surface area contributed by atoms with Gasteiger partial charge in [0, 0.05) is 18.3 Å². The number of rotatable bonds is 6. The van der Waals surface area contributed by atoms with Gasteiger partial charge in [-0.1, -0.05) is 13.3 Å². The van der Waals surface area contributed by atoms with Gasteiger partial charge in [0.1, 0.15) is 23.7 Å². The molecule has 0 fully saturated rings. The van der Waals surface area contributed by atoms with Crippen molar-refractivity contribution >= 4 is 17.4 Å². The zero-order valence-corrected chi connectivity index (χ0v) is 11.8. The number of nitrogens with zero attached hydrogens (tertiary/aromatic N) is 2. The first-order chi connectivity index (χ1) is 10.2. The molecule has 6 heteroatoms. The summed E-state index contributed by atoms with van der Waals surface area (Å²) in [5, 5.41) is 5.79. The van der Waals surface area contributed by atoms with Crippen molar-refractivity contribution < 1.29 is 9.18 Å². The quantitative estimate of drug-likeness (QED) is 0.802. The van der Waals surface area contributed by atoms with Crippen molar-refractivity contribution in [3.63, 3.8) is 0 Å². The van der Waals surface area contributed by atoms with Gasteiger partial charge in [0.25, 0.3) is 5.91 Å². The highest BCUT2D eigenvalue weighted by atomic mass is 19.1. The van der Waals surface area contributed by atoms with Gasteiger partial charge in [0.05, 0.1) is 0 Å². The zero-order chi connectivity index (χ0) is 15.1. The second-order valence-electron chi connectivity index (χ2n) is 4.53. The van der Waals surface area contributed by atoms with Crippen LogP contribution in [0.15, 0.2) is 36.7 Å². The Morgan fingerprint density at radius 3 is 2.71 bits per heavy atom. The molecule has 1 heterocycles. The van der Waals surface area contributed by atoms with Crippen molar-refractivity contribution in [1.29, 1.82) is 0 Å².